The summed E-state index contributed by atoms with van der Waals surface area (Å²) in [6.45, 7) is 5.08. The molecule has 0 aliphatic carbocycles. The Kier molecular flexibility index (Phi) is 5.21. The lowest BCUT2D eigenvalue weighted by Crippen LogP contribution is -2.35. The molecule has 0 aromatic carbocycles. The van der Waals surface area contributed by atoms with Crippen LogP contribution in [0.4, 0.5) is 0 Å². The predicted octanol–water partition coefficient (Wildman–Crippen LogP) is 1.83. The van der Waals surface area contributed by atoms with E-state index in [1.165, 1.54) is 5.69 Å². The quantitative estimate of drug-likeness (QED) is 0.887. The number of nitrogens with two attached hydrogens (primary N) is 1. The molecule has 2 N–H and O–H groups in total. The molecule has 1 aliphatic heterocycles. The fourth-order valence-electron chi connectivity index (χ4n) is 2.84. The summed E-state index contributed by atoms with van der Waals surface area (Å²) in [5.41, 5.74) is 7.62. The van der Waals surface area contributed by atoms with E-state index in [4.69, 9.17) is 5.73 Å². The number of hydrogen-bond donors (Lipinski definition) is 1. The van der Waals surface area contributed by atoms with Gasteiger partial charge in [-0.25, -0.2) is 0 Å². The highest BCUT2D eigenvalue weighted by atomic mass is 79.9. The molecule has 1 aromatic rings. The summed E-state index contributed by atoms with van der Waals surface area (Å²) in [5.74, 6) is 0.287. The number of primary amides is 1. The molecule has 0 saturated carbocycles. The number of rotatable bonds is 5. The summed E-state index contributed by atoms with van der Waals surface area (Å²) in [6, 6.07) is 0. The van der Waals surface area contributed by atoms with E-state index in [9.17, 15) is 4.79 Å². The van der Waals surface area contributed by atoms with Crippen LogP contribution >= 0.6 is 15.9 Å². The average Bonchev–Trinajstić information content (AvgIpc) is 2.67. The number of aryl methyl sites for hydroxylation is 2. The van der Waals surface area contributed by atoms with Gasteiger partial charge in [0.1, 0.15) is 0 Å². The van der Waals surface area contributed by atoms with Crippen LogP contribution in [-0.2, 0) is 24.8 Å². The molecule has 0 spiro atoms. The summed E-state index contributed by atoms with van der Waals surface area (Å²) in [4.78, 5) is 13.4. The van der Waals surface area contributed by atoms with Crippen molar-refractivity contribution in [2.75, 3.05) is 13.1 Å². The molecule has 112 valence electrons. The summed E-state index contributed by atoms with van der Waals surface area (Å²) in [6.07, 6.45) is 3.58. The van der Waals surface area contributed by atoms with Crippen molar-refractivity contribution >= 4 is 21.8 Å². The number of carbonyl (C=O) groups excluding carboxylic acids is 1. The fraction of sp³-hybridized carbons (Fsp3) is 0.714. The van der Waals surface area contributed by atoms with E-state index >= 15 is 0 Å². The second-order valence-corrected chi connectivity index (χ2v) is 6.37. The Morgan fingerprint density at radius 1 is 1.45 bits per heavy atom. The lowest BCUT2D eigenvalue weighted by molar-refractivity contribution is -0.119. The molecule has 0 bridgehead atoms. The monoisotopic (exact) mass is 342 g/mol. The van der Waals surface area contributed by atoms with Gasteiger partial charge in [0, 0.05) is 20.0 Å². The number of amides is 1. The number of likely N-dealkylation sites (tertiary alicyclic amines) is 1. The van der Waals surface area contributed by atoms with E-state index in [2.05, 4.69) is 32.9 Å². The Hall–Kier alpha value is -0.880. The second kappa shape index (κ2) is 6.72. The van der Waals surface area contributed by atoms with Gasteiger partial charge >= 0.3 is 0 Å². The number of hydrogen-bond acceptors (Lipinski definition) is 3. The normalized spacial score (nSPS) is 17.6. The zero-order valence-corrected chi connectivity index (χ0v) is 13.8. The number of carbonyl (C=O) groups is 1. The minimum Gasteiger partial charge on any atom is -0.370 e. The third-order valence-corrected chi connectivity index (χ3v) is 4.99. The van der Waals surface area contributed by atoms with Crippen LogP contribution in [0.25, 0.3) is 0 Å². The maximum absolute atomic E-state index is 11.0. The Balaban J connectivity index is 1.93. The lowest BCUT2D eigenvalue weighted by atomic mass is 9.93. The minimum absolute atomic E-state index is 0.176. The molecular formula is C14H23BrN4O. The van der Waals surface area contributed by atoms with Gasteiger partial charge in [0.2, 0.25) is 5.91 Å². The summed E-state index contributed by atoms with van der Waals surface area (Å²) in [5, 5.41) is 4.53. The highest BCUT2D eigenvalue weighted by molar-refractivity contribution is 9.10. The molecule has 1 fully saturated rings. The minimum atomic E-state index is -0.176. The van der Waals surface area contributed by atoms with Crippen LogP contribution in [-0.4, -0.2) is 33.7 Å². The molecule has 0 unspecified atom stereocenters. The van der Waals surface area contributed by atoms with Gasteiger partial charge < -0.3 is 5.73 Å². The first kappa shape index (κ1) is 15.5. The Morgan fingerprint density at radius 3 is 2.60 bits per heavy atom. The van der Waals surface area contributed by atoms with Crippen LogP contribution in [0.2, 0.25) is 0 Å². The van der Waals surface area contributed by atoms with Crippen molar-refractivity contribution in [1.82, 2.24) is 14.7 Å². The number of piperidine rings is 1. The van der Waals surface area contributed by atoms with Crippen LogP contribution in [0, 0.1) is 5.92 Å². The standard InChI is InChI=1S/C14H23BrN4O/c1-3-11-14(15)12(18(2)17-11)9-19-6-4-10(5-7-19)8-13(16)20/h10H,3-9H2,1-2H3,(H2,16,20). The number of halogens is 1. The van der Waals surface area contributed by atoms with Crippen molar-refractivity contribution in [2.24, 2.45) is 18.7 Å². The Bertz CT molecular complexity index is 478. The van der Waals surface area contributed by atoms with E-state index in [1.54, 1.807) is 0 Å². The topological polar surface area (TPSA) is 64.2 Å². The number of aromatic nitrogens is 2. The SMILES string of the molecule is CCc1nn(C)c(CN2CCC(CC(N)=O)CC2)c1Br. The van der Waals surface area contributed by atoms with E-state index in [1.807, 2.05) is 11.7 Å². The van der Waals surface area contributed by atoms with Gasteiger partial charge in [0.05, 0.1) is 15.9 Å². The molecule has 1 aliphatic rings. The summed E-state index contributed by atoms with van der Waals surface area (Å²) >= 11 is 3.66. The first-order chi connectivity index (χ1) is 9.51. The molecule has 1 aromatic heterocycles. The van der Waals surface area contributed by atoms with Crippen LogP contribution in [0.15, 0.2) is 4.47 Å². The molecule has 0 radical (unpaired) electrons. The molecule has 20 heavy (non-hydrogen) atoms. The third kappa shape index (κ3) is 3.61. The van der Waals surface area contributed by atoms with Crippen LogP contribution in [0.5, 0.6) is 0 Å². The van der Waals surface area contributed by atoms with E-state index in [0.717, 1.165) is 49.1 Å². The molecule has 0 atom stereocenters. The average molecular weight is 343 g/mol. The van der Waals surface area contributed by atoms with E-state index in [-0.39, 0.29) is 5.91 Å². The Morgan fingerprint density at radius 2 is 2.10 bits per heavy atom. The highest BCUT2D eigenvalue weighted by Crippen LogP contribution is 2.26. The predicted molar refractivity (Wildman–Crippen MR) is 82.1 cm³/mol. The zero-order chi connectivity index (χ0) is 14.7. The fourth-order valence-corrected chi connectivity index (χ4v) is 3.58. The molecule has 5 nitrogen and oxygen atoms in total. The number of nitrogens with zero attached hydrogens (tertiary/aromatic N) is 3. The maximum atomic E-state index is 11.0. The first-order valence-corrected chi connectivity index (χ1v) is 8.01. The molecule has 2 rings (SSSR count). The molecule has 6 heteroatoms. The van der Waals surface area contributed by atoms with Crippen molar-refractivity contribution in [1.29, 1.82) is 0 Å². The van der Waals surface area contributed by atoms with Gasteiger partial charge in [0.25, 0.3) is 0 Å². The van der Waals surface area contributed by atoms with Crippen LogP contribution in [0.1, 0.15) is 37.6 Å². The third-order valence-electron chi connectivity index (χ3n) is 4.07. The Labute approximate surface area is 128 Å². The van der Waals surface area contributed by atoms with Crippen molar-refractivity contribution in [2.45, 2.75) is 39.2 Å². The summed E-state index contributed by atoms with van der Waals surface area (Å²) in [7, 11) is 2.00. The van der Waals surface area contributed by atoms with E-state index < -0.39 is 0 Å². The molecule has 1 amide bonds. The zero-order valence-electron chi connectivity index (χ0n) is 12.2. The van der Waals surface area contributed by atoms with Crippen LogP contribution in [0.3, 0.4) is 0 Å². The largest absolute Gasteiger partial charge is 0.370 e. The highest BCUT2D eigenvalue weighted by Gasteiger charge is 2.22. The summed E-state index contributed by atoms with van der Waals surface area (Å²) < 4.78 is 3.11. The molecule has 1 saturated heterocycles. The van der Waals surface area contributed by atoms with Gasteiger partial charge in [0.15, 0.2) is 0 Å². The van der Waals surface area contributed by atoms with Crippen LogP contribution < -0.4 is 5.73 Å². The molecular weight excluding hydrogens is 320 g/mol. The first-order valence-electron chi connectivity index (χ1n) is 7.22. The lowest BCUT2D eigenvalue weighted by Gasteiger charge is -2.31. The van der Waals surface area contributed by atoms with E-state index in [0.29, 0.717) is 12.3 Å². The van der Waals surface area contributed by atoms with Crippen molar-refractivity contribution in [3.63, 3.8) is 0 Å². The van der Waals surface area contributed by atoms with Gasteiger partial charge in [-0.2, -0.15) is 5.10 Å². The van der Waals surface area contributed by atoms with Gasteiger partial charge in [-0.15, -0.1) is 0 Å². The van der Waals surface area contributed by atoms with Gasteiger partial charge in [-0.3, -0.25) is 14.4 Å². The molecule has 2 heterocycles. The maximum Gasteiger partial charge on any atom is 0.217 e. The van der Waals surface area contributed by atoms with Crippen molar-refractivity contribution < 1.29 is 4.79 Å². The smallest absolute Gasteiger partial charge is 0.217 e. The van der Waals surface area contributed by atoms with Gasteiger partial charge in [-0.05, 0) is 54.2 Å². The van der Waals surface area contributed by atoms with Gasteiger partial charge in [-0.1, -0.05) is 6.92 Å². The van der Waals surface area contributed by atoms with Crippen molar-refractivity contribution in [3.8, 4) is 0 Å². The van der Waals surface area contributed by atoms with Crippen molar-refractivity contribution in [3.05, 3.63) is 15.9 Å². The second-order valence-electron chi connectivity index (χ2n) is 5.57.